The molecule has 0 radical (unpaired) electrons. The van der Waals surface area contributed by atoms with Gasteiger partial charge in [0.25, 0.3) is 0 Å². The van der Waals surface area contributed by atoms with Crippen molar-refractivity contribution in [3.05, 3.63) is 29.8 Å². The van der Waals surface area contributed by atoms with Gasteiger partial charge in [0.1, 0.15) is 12.4 Å². The Labute approximate surface area is 120 Å². The fraction of sp³-hybridized carbons (Fsp3) is 0.562. The minimum Gasteiger partial charge on any atom is -0.492 e. The van der Waals surface area contributed by atoms with Gasteiger partial charge in [0, 0.05) is 12.6 Å². The summed E-state index contributed by atoms with van der Waals surface area (Å²) in [5, 5.41) is 19.0. The summed E-state index contributed by atoms with van der Waals surface area (Å²) in [5.74, 6) is 0.725. The molecule has 0 aliphatic carbocycles. The molecule has 0 spiro atoms. The molecule has 1 heterocycles. The van der Waals surface area contributed by atoms with E-state index >= 15 is 0 Å². The average molecular weight is 274 g/mol. The number of nitrogens with zero attached hydrogens (tertiary/aromatic N) is 2. The minimum absolute atomic E-state index is 0.205. The van der Waals surface area contributed by atoms with Crippen molar-refractivity contribution in [3.8, 4) is 11.8 Å². The zero-order valence-electron chi connectivity index (χ0n) is 12.2. The first kappa shape index (κ1) is 14.8. The number of likely N-dealkylation sites (tertiary alicyclic amines) is 1. The lowest BCUT2D eigenvalue weighted by Gasteiger charge is -2.33. The van der Waals surface area contributed by atoms with E-state index in [9.17, 15) is 5.11 Å². The summed E-state index contributed by atoms with van der Waals surface area (Å²) in [4.78, 5) is 2.29. The number of benzene rings is 1. The Hall–Kier alpha value is -1.57. The van der Waals surface area contributed by atoms with Crippen molar-refractivity contribution in [1.82, 2.24) is 4.90 Å². The second-order valence-electron chi connectivity index (χ2n) is 5.84. The van der Waals surface area contributed by atoms with Crippen LogP contribution in [0.15, 0.2) is 24.3 Å². The van der Waals surface area contributed by atoms with E-state index in [-0.39, 0.29) is 6.04 Å². The quantitative estimate of drug-likeness (QED) is 0.894. The molecule has 1 atom stereocenters. The lowest BCUT2D eigenvalue weighted by molar-refractivity contribution is -0.00549. The van der Waals surface area contributed by atoms with Crippen LogP contribution in [0.25, 0.3) is 0 Å². The molecule has 1 fully saturated rings. The summed E-state index contributed by atoms with van der Waals surface area (Å²) in [5.41, 5.74) is -0.0601. The molecule has 1 aliphatic heterocycles. The second-order valence-corrected chi connectivity index (χ2v) is 5.84. The van der Waals surface area contributed by atoms with E-state index in [2.05, 4.69) is 11.0 Å². The van der Waals surface area contributed by atoms with Gasteiger partial charge < -0.3 is 9.84 Å². The maximum atomic E-state index is 10.2. The molecular formula is C16H22N2O2. The van der Waals surface area contributed by atoms with E-state index in [0.717, 1.165) is 31.7 Å². The van der Waals surface area contributed by atoms with Gasteiger partial charge in [0.2, 0.25) is 0 Å². The van der Waals surface area contributed by atoms with Crippen molar-refractivity contribution < 1.29 is 9.84 Å². The first-order chi connectivity index (χ1) is 9.50. The molecule has 20 heavy (non-hydrogen) atoms. The van der Waals surface area contributed by atoms with Crippen LogP contribution in [-0.4, -0.2) is 41.3 Å². The zero-order valence-corrected chi connectivity index (χ0v) is 12.2. The molecule has 1 aromatic carbocycles. The number of hydrogen-bond acceptors (Lipinski definition) is 4. The summed E-state index contributed by atoms with van der Waals surface area (Å²) < 4.78 is 5.70. The van der Waals surface area contributed by atoms with Crippen LogP contribution in [0, 0.1) is 11.3 Å². The third-order valence-corrected chi connectivity index (χ3v) is 3.79. The van der Waals surface area contributed by atoms with E-state index in [0.29, 0.717) is 12.2 Å². The molecule has 0 aromatic heterocycles. The van der Waals surface area contributed by atoms with Gasteiger partial charge >= 0.3 is 0 Å². The van der Waals surface area contributed by atoms with Gasteiger partial charge in [-0.15, -0.1) is 0 Å². The van der Waals surface area contributed by atoms with Gasteiger partial charge in [-0.2, -0.15) is 5.26 Å². The summed E-state index contributed by atoms with van der Waals surface area (Å²) >= 11 is 0. The fourth-order valence-electron chi connectivity index (χ4n) is 2.83. The Morgan fingerprint density at radius 3 is 3.00 bits per heavy atom. The normalized spacial score (nSPS) is 19.8. The van der Waals surface area contributed by atoms with Crippen molar-refractivity contribution in [2.24, 2.45) is 0 Å². The third kappa shape index (κ3) is 3.72. The third-order valence-electron chi connectivity index (χ3n) is 3.79. The summed E-state index contributed by atoms with van der Waals surface area (Å²) in [6.45, 7) is 6.11. The molecule has 1 N–H and O–H groups in total. The highest BCUT2D eigenvalue weighted by molar-refractivity contribution is 5.36. The molecular weight excluding hydrogens is 252 g/mol. The first-order valence-corrected chi connectivity index (χ1v) is 7.10. The first-order valence-electron chi connectivity index (χ1n) is 7.10. The molecule has 0 amide bonds. The van der Waals surface area contributed by atoms with Crippen LogP contribution in [0.4, 0.5) is 0 Å². The molecule has 4 nitrogen and oxygen atoms in total. The Kier molecular flexibility index (Phi) is 4.64. The van der Waals surface area contributed by atoms with Crippen LogP contribution < -0.4 is 4.74 Å². The van der Waals surface area contributed by atoms with E-state index in [1.165, 1.54) is 0 Å². The van der Waals surface area contributed by atoms with Gasteiger partial charge in [0.05, 0.1) is 17.2 Å². The molecule has 1 aliphatic rings. The number of rotatable bonds is 5. The lowest BCUT2D eigenvalue weighted by Crippen LogP contribution is -2.46. The number of hydrogen-bond donors (Lipinski definition) is 1. The van der Waals surface area contributed by atoms with Crippen molar-refractivity contribution in [3.63, 3.8) is 0 Å². The summed E-state index contributed by atoms with van der Waals surface area (Å²) in [6.07, 6.45) is 2.16. The van der Waals surface area contributed by atoms with E-state index in [1.54, 1.807) is 12.1 Å². The molecule has 108 valence electrons. The fourth-order valence-corrected chi connectivity index (χ4v) is 2.83. The van der Waals surface area contributed by atoms with Crippen LogP contribution in [0.3, 0.4) is 0 Å². The molecule has 2 rings (SSSR count). The maximum absolute atomic E-state index is 10.2. The smallest absolute Gasteiger partial charge is 0.120 e. The van der Waals surface area contributed by atoms with Crippen LogP contribution in [0.1, 0.15) is 32.3 Å². The second kappa shape index (κ2) is 6.25. The van der Waals surface area contributed by atoms with Crippen LogP contribution >= 0.6 is 0 Å². The zero-order chi connectivity index (χ0) is 14.6. The Morgan fingerprint density at radius 1 is 1.50 bits per heavy atom. The van der Waals surface area contributed by atoms with E-state index < -0.39 is 5.60 Å². The minimum atomic E-state index is -0.669. The van der Waals surface area contributed by atoms with E-state index in [4.69, 9.17) is 10.00 Å². The Bertz CT molecular complexity index is 488. The van der Waals surface area contributed by atoms with Crippen LogP contribution in [0.5, 0.6) is 5.75 Å². The highest BCUT2D eigenvalue weighted by atomic mass is 16.5. The number of nitriles is 1. The Balaban J connectivity index is 1.85. The lowest BCUT2D eigenvalue weighted by atomic mass is 9.97. The van der Waals surface area contributed by atoms with Crippen molar-refractivity contribution in [1.29, 1.82) is 5.26 Å². The highest BCUT2D eigenvalue weighted by Gasteiger charge is 2.35. The average Bonchev–Trinajstić information content (AvgIpc) is 2.87. The van der Waals surface area contributed by atoms with Gasteiger partial charge in [0.15, 0.2) is 0 Å². The van der Waals surface area contributed by atoms with Gasteiger partial charge in [-0.3, -0.25) is 4.90 Å². The predicted molar refractivity (Wildman–Crippen MR) is 77.5 cm³/mol. The SMILES string of the molecule is CC(C)(O)C1CCCN1CCOc1cccc(C#N)c1. The number of ether oxygens (including phenoxy) is 1. The molecule has 1 saturated heterocycles. The van der Waals surface area contributed by atoms with Crippen LogP contribution in [0.2, 0.25) is 0 Å². The molecule has 1 unspecified atom stereocenters. The monoisotopic (exact) mass is 274 g/mol. The van der Waals surface area contributed by atoms with Crippen molar-refractivity contribution in [2.45, 2.75) is 38.3 Å². The van der Waals surface area contributed by atoms with Crippen molar-refractivity contribution >= 4 is 0 Å². The van der Waals surface area contributed by atoms with Gasteiger partial charge in [-0.25, -0.2) is 0 Å². The predicted octanol–water partition coefficient (Wildman–Crippen LogP) is 2.17. The summed E-state index contributed by atoms with van der Waals surface area (Å²) in [7, 11) is 0. The molecule has 1 aromatic rings. The molecule has 4 heteroatoms. The van der Waals surface area contributed by atoms with E-state index in [1.807, 2.05) is 26.0 Å². The Morgan fingerprint density at radius 2 is 2.30 bits per heavy atom. The highest BCUT2D eigenvalue weighted by Crippen LogP contribution is 2.26. The summed E-state index contributed by atoms with van der Waals surface area (Å²) in [6, 6.07) is 9.50. The number of aliphatic hydroxyl groups is 1. The van der Waals surface area contributed by atoms with Crippen LogP contribution in [-0.2, 0) is 0 Å². The van der Waals surface area contributed by atoms with Gasteiger partial charge in [-0.05, 0) is 51.4 Å². The van der Waals surface area contributed by atoms with Gasteiger partial charge in [-0.1, -0.05) is 6.07 Å². The largest absolute Gasteiger partial charge is 0.492 e. The molecule has 0 saturated carbocycles. The maximum Gasteiger partial charge on any atom is 0.120 e. The standard InChI is InChI=1S/C16H22N2O2/c1-16(2,19)15-7-4-8-18(15)9-10-20-14-6-3-5-13(11-14)12-17/h3,5-6,11,15,19H,4,7-10H2,1-2H3. The molecule has 0 bridgehead atoms. The van der Waals surface area contributed by atoms with Crippen molar-refractivity contribution in [2.75, 3.05) is 19.7 Å². The topological polar surface area (TPSA) is 56.5 Å².